The Kier molecular flexibility index (Phi) is 3.34. The molecule has 0 aromatic heterocycles. The lowest BCUT2D eigenvalue weighted by Crippen LogP contribution is -2.54. The topological polar surface area (TPSA) is 89.4 Å². The number of amides is 2. The first-order chi connectivity index (χ1) is 8.50. The van der Waals surface area contributed by atoms with Gasteiger partial charge in [-0.15, -0.1) is 0 Å². The highest BCUT2D eigenvalue weighted by atomic mass is 16.2. The second kappa shape index (κ2) is 4.78. The zero-order valence-corrected chi connectivity index (χ0v) is 10.3. The van der Waals surface area contributed by atoms with Gasteiger partial charge in [0, 0.05) is 13.0 Å². The number of hydrogen-bond acceptors (Lipinski definition) is 3. The zero-order chi connectivity index (χ0) is 13.3. The van der Waals surface area contributed by atoms with Gasteiger partial charge in [-0.25, -0.2) is 0 Å². The van der Waals surface area contributed by atoms with Gasteiger partial charge in [-0.05, 0) is 18.1 Å². The molecule has 0 saturated heterocycles. The molecule has 96 valence electrons. The van der Waals surface area contributed by atoms with Crippen molar-refractivity contribution in [3.05, 3.63) is 35.4 Å². The first kappa shape index (κ1) is 12.6. The zero-order valence-electron chi connectivity index (χ0n) is 10.3. The van der Waals surface area contributed by atoms with Gasteiger partial charge in [0.1, 0.15) is 6.04 Å². The summed E-state index contributed by atoms with van der Waals surface area (Å²) in [5.41, 5.74) is 13.1. The Hall–Kier alpha value is -1.88. The second-order valence-electron chi connectivity index (χ2n) is 4.65. The minimum Gasteiger partial charge on any atom is -0.368 e. The molecule has 1 aromatic carbocycles. The molecule has 5 nitrogen and oxygen atoms in total. The van der Waals surface area contributed by atoms with Crippen LogP contribution in [0.5, 0.6) is 0 Å². The van der Waals surface area contributed by atoms with Crippen molar-refractivity contribution >= 4 is 11.8 Å². The highest BCUT2D eigenvalue weighted by Crippen LogP contribution is 2.23. The van der Waals surface area contributed by atoms with Crippen LogP contribution in [0.15, 0.2) is 24.3 Å². The number of carbonyl (C=O) groups excluding carboxylic acids is 2. The van der Waals surface area contributed by atoms with Gasteiger partial charge < -0.3 is 16.4 Å². The minimum atomic E-state index is -0.628. The van der Waals surface area contributed by atoms with Crippen molar-refractivity contribution in [2.24, 2.45) is 11.5 Å². The smallest absolute Gasteiger partial charge is 0.240 e. The van der Waals surface area contributed by atoms with Crippen molar-refractivity contribution in [1.82, 2.24) is 4.90 Å². The Balaban J connectivity index is 2.34. The molecule has 2 atom stereocenters. The number of fused-ring (bicyclic) bond motifs is 1. The molecule has 1 heterocycles. The molecule has 0 saturated carbocycles. The fourth-order valence-corrected chi connectivity index (χ4v) is 2.27. The van der Waals surface area contributed by atoms with E-state index in [4.69, 9.17) is 11.5 Å². The maximum Gasteiger partial charge on any atom is 0.240 e. The molecule has 0 spiro atoms. The lowest BCUT2D eigenvalue weighted by Gasteiger charge is -2.36. The number of hydrogen-bond donors (Lipinski definition) is 2. The number of rotatable bonds is 2. The van der Waals surface area contributed by atoms with E-state index < -0.39 is 18.0 Å². The summed E-state index contributed by atoms with van der Waals surface area (Å²) in [5, 5.41) is 0. The molecule has 18 heavy (non-hydrogen) atoms. The largest absolute Gasteiger partial charge is 0.368 e. The van der Waals surface area contributed by atoms with Gasteiger partial charge in [0.05, 0.1) is 6.04 Å². The van der Waals surface area contributed by atoms with Gasteiger partial charge in [-0.2, -0.15) is 0 Å². The summed E-state index contributed by atoms with van der Waals surface area (Å²) in [6.45, 7) is 2.01. The third kappa shape index (κ3) is 2.22. The summed E-state index contributed by atoms with van der Waals surface area (Å²) in [6, 6.07) is 6.51. The number of nitrogens with zero attached hydrogens (tertiary/aromatic N) is 1. The molecular weight excluding hydrogens is 230 g/mol. The maximum atomic E-state index is 12.0. The molecule has 1 aliphatic heterocycles. The van der Waals surface area contributed by atoms with Gasteiger partial charge in [-0.1, -0.05) is 24.3 Å². The van der Waals surface area contributed by atoms with Gasteiger partial charge in [0.2, 0.25) is 11.8 Å². The summed E-state index contributed by atoms with van der Waals surface area (Å²) in [4.78, 5) is 25.0. The number of nitrogens with two attached hydrogens (primary N) is 2. The predicted octanol–water partition coefficient (Wildman–Crippen LogP) is -0.228. The van der Waals surface area contributed by atoms with Crippen LogP contribution in [0.2, 0.25) is 0 Å². The van der Waals surface area contributed by atoms with Gasteiger partial charge >= 0.3 is 0 Å². The molecule has 2 rings (SSSR count). The summed E-state index contributed by atoms with van der Waals surface area (Å²) in [7, 11) is 0. The van der Waals surface area contributed by atoms with E-state index in [1.165, 1.54) is 4.90 Å². The molecule has 0 fully saturated rings. The van der Waals surface area contributed by atoms with Crippen LogP contribution in [0.1, 0.15) is 18.1 Å². The highest BCUT2D eigenvalue weighted by Gasteiger charge is 2.34. The van der Waals surface area contributed by atoms with E-state index >= 15 is 0 Å². The Bertz CT molecular complexity index is 485. The Morgan fingerprint density at radius 3 is 2.50 bits per heavy atom. The van der Waals surface area contributed by atoms with E-state index in [2.05, 4.69) is 0 Å². The summed E-state index contributed by atoms with van der Waals surface area (Å²) in [6.07, 6.45) is 0.462. The molecule has 4 N–H and O–H groups in total. The van der Waals surface area contributed by atoms with Crippen molar-refractivity contribution in [2.45, 2.75) is 32.0 Å². The van der Waals surface area contributed by atoms with Crippen LogP contribution >= 0.6 is 0 Å². The predicted molar refractivity (Wildman–Crippen MR) is 67.3 cm³/mol. The van der Waals surface area contributed by atoms with Gasteiger partial charge in [0.15, 0.2) is 0 Å². The molecule has 0 radical (unpaired) electrons. The highest BCUT2D eigenvalue weighted by molar-refractivity contribution is 5.89. The lowest BCUT2D eigenvalue weighted by molar-refractivity contribution is -0.141. The van der Waals surface area contributed by atoms with E-state index in [-0.39, 0.29) is 5.91 Å². The molecule has 1 aromatic rings. The first-order valence-electron chi connectivity index (χ1n) is 5.93. The van der Waals surface area contributed by atoms with Crippen LogP contribution in [0.25, 0.3) is 0 Å². The number of benzene rings is 1. The van der Waals surface area contributed by atoms with E-state index in [9.17, 15) is 9.59 Å². The van der Waals surface area contributed by atoms with Crippen molar-refractivity contribution in [3.63, 3.8) is 0 Å². The normalized spacial score (nSPS) is 20.1. The van der Waals surface area contributed by atoms with Crippen LogP contribution in [0.4, 0.5) is 0 Å². The van der Waals surface area contributed by atoms with Gasteiger partial charge in [-0.3, -0.25) is 9.59 Å². The average Bonchev–Trinajstić information content (AvgIpc) is 2.36. The van der Waals surface area contributed by atoms with Crippen LogP contribution in [0.3, 0.4) is 0 Å². The number of carbonyl (C=O) groups is 2. The van der Waals surface area contributed by atoms with E-state index in [1.54, 1.807) is 6.92 Å². The van der Waals surface area contributed by atoms with E-state index in [0.717, 1.165) is 11.1 Å². The molecule has 0 aliphatic carbocycles. The van der Waals surface area contributed by atoms with Crippen LogP contribution in [-0.2, 0) is 22.6 Å². The molecular formula is C13H17N3O2. The Morgan fingerprint density at radius 2 is 1.94 bits per heavy atom. The molecule has 5 heteroatoms. The maximum absolute atomic E-state index is 12.0. The Labute approximate surface area is 106 Å². The minimum absolute atomic E-state index is 0.242. The quantitative estimate of drug-likeness (QED) is 0.756. The summed E-state index contributed by atoms with van der Waals surface area (Å²) >= 11 is 0. The van der Waals surface area contributed by atoms with Crippen molar-refractivity contribution < 1.29 is 9.59 Å². The summed E-state index contributed by atoms with van der Waals surface area (Å²) in [5.74, 6) is -0.730. The first-order valence-corrected chi connectivity index (χ1v) is 5.93. The fourth-order valence-electron chi connectivity index (χ4n) is 2.27. The fraction of sp³-hybridized carbons (Fsp3) is 0.385. The lowest BCUT2D eigenvalue weighted by atomic mass is 9.93. The van der Waals surface area contributed by atoms with Crippen LogP contribution in [-0.4, -0.2) is 28.8 Å². The second-order valence-corrected chi connectivity index (χ2v) is 4.65. The third-order valence-corrected chi connectivity index (χ3v) is 3.25. The Morgan fingerprint density at radius 1 is 1.33 bits per heavy atom. The van der Waals surface area contributed by atoms with E-state index in [0.29, 0.717) is 13.0 Å². The molecule has 1 unspecified atom stereocenters. The SMILES string of the molecule is CC(N)C(=O)N1Cc2ccccc2C[C@H]1C(N)=O. The molecule has 1 aliphatic rings. The average molecular weight is 247 g/mol. The van der Waals surface area contributed by atoms with Crippen molar-refractivity contribution in [2.75, 3.05) is 0 Å². The van der Waals surface area contributed by atoms with Crippen LogP contribution in [0, 0.1) is 0 Å². The van der Waals surface area contributed by atoms with Crippen molar-refractivity contribution in [1.29, 1.82) is 0 Å². The van der Waals surface area contributed by atoms with E-state index in [1.807, 2.05) is 24.3 Å². The standard InChI is InChI=1S/C13H17N3O2/c1-8(14)13(18)16-7-10-5-3-2-4-9(10)6-11(16)12(15)17/h2-5,8,11H,6-7,14H2,1H3,(H2,15,17)/t8?,11-/m0/s1. The monoisotopic (exact) mass is 247 g/mol. The van der Waals surface area contributed by atoms with Crippen molar-refractivity contribution in [3.8, 4) is 0 Å². The number of primary amides is 1. The molecule has 0 bridgehead atoms. The third-order valence-electron chi connectivity index (χ3n) is 3.25. The van der Waals surface area contributed by atoms with Crippen LogP contribution < -0.4 is 11.5 Å². The van der Waals surface area contributed by atoms with Gasteiger partial charge in [0.25, 0.3) is 0 Å². The summed E-state index contributed by atoms with van der Waals surface area (Å²) < 4.78 is 0. The molecule has 2 amide bonds.